The first-order valence-electron chi connectivity index (χ1n) is 7.24. The fourth-order valence-electron chi connectivity index (χ4n) is 1.86. The first kappa shape index (κ1) is 16.5. The van der Waals surface area contributed by atoms with Crippen molar-refractivity contribution in [3.63, 3.8) is 0 Å². The molecule has 0 saturated heterocycles. The number of carbonyl (C=O) groups excluding carboxylic acids is 2. The number of esters is 1. The van der Waals surface area contributed by atoms with Gasteiger partial charge in [0, 0.05) is 18.2 Å². The van der Waals surface area contributed by atoms with Crippen LogP contribution in [-0.4, -0.2) is 27.8 Å². The molecular weight excluding hydrogens is 298 g/mol. The van der Waals surface area contributed by atoms with Crippen LogP contribution < -0.4 is 5.32 Å². The second-order valence-corrected chi connectivity index (χ2v) is 5.17. The average Bonchev–Trinajstić information content (AvgIpc) is 3.16. The zero-order valence-corrected chi connectivity index (χ0v) is 13.2. The minimum Gasteiger partial charge on any atom is -0.465 e. The zero-order chi connectivity index (χ0) is 16.8. The van der Waals surface area contributed by atoms with E-state index < -0.39 is 18.0 Å². The van der Waals surface area contributed by atoms with Crippen LogP contribution in [0.5, 0.6) is 0 Å². The molecule has 1 N–H and O–H groups in total. The fourth-order valence-corrected chi connectivity index (χ4v) is 1.86. The van der Waals surface area contributed by atoms with Crippen LogP contribution in [0.2, 0.25) is 0 Å². The van der Waals surface area contributed by atoms with Gasteiger partial charge in [0.1, 0.15) is 11.6 Å². The van der Waals surface area contributed by atoms with E-state index in [0.29, 0.717) is 11.6 Å². The molecule has 23 heavy (non-hydrogen) atoms. The minimum absolute atomic E-state index is 0.106. The van der Waals surface area contributed by atoms with E-state index in [2.05, 4.69) is 10.4 Å². The number of hydrogen-bond acceptors (Lipinski definition) is 5. The van der Waals surface area contributed by atoms with Crippen molar-refractivity contribution in [3.05, 3.63) is 42.5 Å². The highest BCUT2D eigenvalue weighted by Crippen LogP contribution is 2.13. The summed E-state index contributed by atoms with van der Waals surface area (Å²) in [6, 6.07) is 5.20. The molecule has 2 rings (SSSR count). The van der Waals surface area contributed by atoms with Gasteiger partial charge in [0.25, 0.3) is 5.91 Å². The van der Waals surface area contributed by atoms with Crippen molar-refractivity contribution in [2.24, 2.45) is 0 Å². The van der Waals surface area contributed by atoms with Crippen molar-refractivity contribution in [1.29, 1.82) is 0 Å². The molecule has 0 spiro atoms. The van der Waals surface area contributed by atoms with Crippen molar-refractivity contribution < 1.29 is 18.7 Å². The molecule has 1 atom stereocenters. The number of ether oxygens (including phenoxy) is 1. The summed E-state index contributed by atoms with van der Waals surface area (Å²) in [5.74, 6) is 0.0347. The number of aromatic nitrogens is 2. The predicted octanol–water partition coefficient (Wildman–Crippen LogP) is 2.64. The van der Waals surface area contributed by atoms with Gasteiger partial charge in [-0.05, 0) is 39.0 Å². The van der Waals surface area contributed by atoms with E-state index in [9.17, 15) is 9.59 Å². The average molecular weight is 317 g/mol. The van der Waals surface area contributed by atoms with Gasteiger partial charge in [-0.15, -0.1) is 0 Å². The first-order chi connectivity index (χ1) is 11.0. The number of rotatable bonds is 6. The Morgan fingerprint density at radius 2 is 2.13 bits per heavy atom. The lowest BCUT2D eigenvalue weighted by Crippen LogP contribution is -2.30. The third-order valence-electron chi connectivity index (χ3n) is 3.00. The molecule has 0 saturated carbocycles. The number of carbonyl (C=O) groups is 2. The molecule has 0 aliphatic rings. The lowest BCUT2D eigenvalue weighted by molar-refractivity contribution is -0.148. The molecule has 0 aliphatic heterocycles. The van der Waals surface area contributed by atoms with E-state index >= 15 is 0 Å². The molecular formula is C16H19N3O4. The molecule has 0 aromatic carbocycles. The second-order valence-electron chi connectivity index (χ2n) is 5.17. The molecule has 1 amide bonds. The van der Waals surface area contributed by atoms with Gasteiger partial charge in [-0.2, -0.15) is 5.10 Å². The largest absolute Gasteiger partial charge is 0.465 e. The molecule has 7 heteroatoms. The third kappa shape index (κ3) is 4.57. The van der Waals surface area contributed by atoms with Crippen LogP contribution >= 0.6 is 0 Å². The number of hydrogen-bond donors (Lipinski definition) is 1. The summed E-state index contributed by atoms with van der Waals surface area (Å²) in [6.07, 6.45) is 4.85. The molecule has 122 valence electrons. The highest BCUT2D eigenvalue weighted by molar-refractivity contribution is 5.96. The highest BCUT2D eigenvalue weighted by atomic mass is 16.5. The Balaban J connectivity index is 1.89. The molecule has 7 nitrogen and oxygen atoms in total. The second kappa shape index (κ2) is 7.44. The number of furan rings is 1. The van der Waals surface area contributed by atoms with Gasteiger partial charge in [0.15, 0.2) is 6.10 Å². The Bertz CT molecular complexity index is 686. The summed E-state index contributed by atoms with van der Waals surface area (Å²) in [7, 11) is 0. The van der Waals surface area contributed by atoms with Gasteiger partial charge in [-0.1, -0.05) is 0 Å². The topological polar surface area (TPSA) is 86.4 Å². The quantitative estimate of drug-likeness (QED) is 0.654. The van der Waals surface area contributed by atoms with Crippen molar-refractivity contribution in [2.75, 3.05) is 5.32 Å². The van der Waals surface area contributed by atoms with Gasteiger partial charge in [-0.25, -0.2) is 9.48 Å². The monoisotopic (exact) mass is 317 g/mol. The number of amides is 1. The standard InChI is InChI=1S/C16H19N3O4/c1-11(2)19-14(8-9-17-19)18-16(21)12(3)23-15(20)7-6-13-5-4-10-22-13/h4-12H,1-3H3,(H,18,21)/b7-6+/t12-/m1/s1. The molecule has 0 radical (unpaired) electrons. The fraction of sp³-hybridized carbons (Fsp3) is 0.312. The van der Waals surface area contributed by atoms with Crippen LogP contribution in [0, 0.1) is 0 Å². The summed E-state index contributed by atoms with van der Waals surface area (Å²) in [4.78, 5) is 23.8. The van der Waals surface area contributed by atoms with Crippen LogP contribution in [-0.2, 0) is 14.3 Å². The maximum atomic E-state index is 12.1. The summed E-state index contributed by atoms with van der Waals surface area (Å²) >= 11 is 0. The van der Waals surface area contributed by atoms with E-state index in [4.69, 9.17) is 9.15 Å². The van der Waals surface area contributed by atoms with Gasteiger partial charge in [0.2, 0.25) is 0 Å². The van der Waals surface area contributed by atoms with Crippen molar-refractivity contribution in [1.82, 2.24) is 9.78 Å². The first-order valence-corrected chi connectivity index (χ1v) is 7.24. The van der Waals surface area contributed by atoms with Crippen LogP contribution in [0.1, 0.15) is 32.6 Å². The predicted molar refractivity (Wildman–Crippen MR) is 84.5 cm³/mol. The Hall–Kier alpha value is -2.83. The van der Waals surface area contributed by atoms with Gasteiger partial charge >= 0.3 is 5.97 Å². The van der Waals surface area contributed by atoms with E-state index in [1.54, 1.807) is 29.1 Å². The normalized spacial score (nSPS) is 12.5. The Labute approximate surface area is 133 Å². The Morgan fingerprint density at radius 3 is 2.78 bits per heavy atom. The van der Waals surface area contributed by atoms with Gasteiger partial charge < -0.3 is 14.5 Å². The smallest absolute Gasteiger partial charge is 0.331 e. The van der Waals surface area contributed by atoms with Crippen LogP contribution in [0.4, 0.5) is 5.82 Å². The molecule has 0 bridgehead atoms. The van der Waals surface area contributed by atoms with Gasteiger partial charge in [0.05, 0.1) is 12.5 Å². The van der Waals surface area contributed by atoms with E-state index in [-0.39, 0.29) is 6.04 Å². The van der Waals surface area contributed by atoms with Crippen molar-refractivity contribution >= 4 is 23.8 Å². The summed E-state index contributed by atoms with van der Waals surface area (Å²) in [5.41, 5.74) is 0. The number of nitrogens with zero attached hydrogens (tertiary/aromatic N) is 2. The Morgan fingerprint density at radius 1 is 1.35 bits per heavy atom. The molecule has 0 unspecified atom stereocenters. The maximum absolute atomic E-state index is 12.1. The van der Waals surface area contributed by atoms with E-state index in [0.717, 1.165) is 0 Å². The maximum Gasteiger partial charge on any atom is 0.331 e. The Kier molecular flexibility index (Phi) is 5.35. The zero-order valence-electron chi connectivity index (χ0n) is 13.2. The van der Waals surface area contributed by atoms with E-state index in [1.165, 1.54) is 25.3 Å². The number of anilines is 1. The van der Waals surface area contributed by atoms with Gasteiger partial charge in [-0.3, -0.25) is 4.79 Å². The molecule has 0 fully saturated rings. The highest BCUT2D eigenvalue weighted by Gasteiger charge is 2.18. The van der Waals surface area contributed by atoms with Crippen molar-refractivity contribution in [2.45, 2.75) is 32.9 Å². The van der Waals surface area contributed by atoms with Crippen LogP contribution in [0.15, 0.2) is 41.2 Å². The van der Waals surface area contributed by atoms with E-state index in [1.807, 2.05) is 13.8 Å². The molecule has 2 heterocycles. The summed E-state index contributed by atoms with van der Waals surface area (Å²) < 4.78 is 11.8. The van der Waals surface area contributed by atoms with Crippen LogP contribution in [0.3, 0.4) is 0 Å². The minimum atomic E-state index is -0.931. The van der Waals surface area contributed by atoms with Crippen LogP contribution in [0.25, 0.3) is 6.08 Å². The SMILES string of the molecule is CC(C)n1nccc1NC(=O)[C@@H](C)OC(=O)/C=C/c1ccco1. The third-order valence-corrected chi connectivity index (χ3v) is 3.00. The lowest BCUT2D eigenvalue weighted by Gasteiger charge is -2.15. The molecule has 2 aromatic rings. The lowest BCUT2D eigenvalue weighted by atomic mass is 10.3. The summed E-state index contributed by atoms with van der Waals surface area (Å²) in [5, 5.41) is 6.81. The molecule has 2 aromatic heterocycles. The van der Waals surface area contributed by atoms with Crippen molar-refractivity contribution in [3.8, 4) is 0 Å². The molecule has 0 aliphatic carbocycles. The number of nitrogens with one attached hydrogen (secondary N) is 1. The summed E-state index contributed by atoms with van der Waals surface area (Å²) in [6.45, 7) is 5.40.